The van der Waals surface area contributed by atoms with Gasteiger partial charge in [0.25, 0.3) is 0 Å². The van der Waals surface area contributed by atoms with Crippen molar-refractivity contribution in [3.8, 4) is 45.0 Å². The molecule has 3 heteroatoms. The molecule has 0 amide bonds. The maximum Gasteiger partial charge on any atom is 0.160 e. The number of hydrogen-bond donors (Lipinski definition) is 0. The molecule has 43 heavy (non-hydrogen) atoms. The van der Waals surface area contributed by atoms with Crippen LogP contribution in [-0.2, 0) is 0 Å². The molecule has 7 aromatic rings. The van der Waals surface area contributed by atoms with Crippen molar-refractivity contribution in [2.75, 3.05) is 4.90 Å². The Morgan fingerprint density at radius 1 is 0.302 bits per heavy atom. The molecule has 0 aliphatic heterocycles. The predicted molar refractivity (Wildman–Crippen MR) is 178 cm³/mol. The minimum Gasteiger partial charge on any atom is -0.311 e. The molecule has 0 aliphatic rings. The van der Waals surface area contributed by atoms with Gasteiger partial charge in [0, 0.05) is 33.8 Å². The second-order valence-electron chi connectivity index (χ2n) is 10.3. The van der Waals surface area contributed by atoms with Crippen molar-refractivity contribution < 1.29 is 0 Å². The average molecular weight is 552 g/mol. The highest BCUT2D eigenvalue weighted by Crippen LogP contribution is 2.35. The van der Waals surface area contributed by atoms with Gasteiger partial charge in [0.2, 0.25) is 0 Å². The van der Waals surface area contributed by atoms with Gasteiger partial charge < -0.3 is 4.90 Å². The fourth-order valence-electron chi connectivity index (χ4n) is 5.31. The summed E-state index contributed by atoms with van der Waals surface area (Å²) in [5, 5.41) is 0. The van der Waals surface area contributed by atoms with E-state index in [1.54, 1.807) is 0 Å². The molecule has 0 saturated carbocycles. The van der Waals surface area contributed by atoms with Crippen molar-refractivity contribution >= 4 is 17.1 Å². The van der Waals surface area contributed by atoms with E-state index in [4.69, 9.17) is 9.97 Å². The van der Waals surface area contributed by atoms with E-state index in [1.165, 1.54) is 0 Å². The molecule has 0 aliphatic carbocycles. The maximum atomic E-state index is 4.97. The molecule has 204 valence electrons. The minimum atomic E-state index is 0.712. The van der Waals surface area contributed by atoms with Gasteiger partial charge in [0.1, 0.15) is 0 Å². The first-order valence-corrected chi connectivity index (χ1v) is 14.4. The number of benzene rings is 6. The maximum absolute atomic E-state index is 4.97. The zero-order chi connectivity index (χ0) is 28.8. The van der Waals surface area contributed by atoms with Crippen LogP contribution in [0.2, 0.25) is 0 Å². The highest BCUT2D eigenvalue weighted by Gasteiger charge is 2.13. The molecule has 0 atom stereocenters. The second-order valence-corrected chi connectivity index (χ2v) is 10.3. The largest absolute Gasteiger partial charge is 0.311 e. The van der Waals surface area contributed by atoms with Crippen molar-refractivity contribution in [2.45, 2.75) is 0 Å². The van der Waals surface area contributed by atoms with Crippen molar-refractivity contribution in [3.05, 3.63) is 176 Å². The summed E-state index contributed by atoms with van der Waals surface area (Å²) in [4.78, 5) is 12.2. The van der Waals surface area contributed by atoms with Crippen LogP contribution in [0.1, 0.15) is 0 Å². The molecule has 6 aromatic carbocycles. The van der Waals surface area contributed by atoms with Crippen LogP contribution >= 0.6 is 0 Å². The molecule has 7 rings (SSSR count). The van der Waals surface area contributed by atoms with E-state index in [2.05, 4.69) is 132 Å². The first-order chi connectivity index (χ1) is 21.3. The summed E-state index contributed by atoms with van der Waals surface area (Å²) < 4.78 is 0. The molecule has 0 fully saturated rings. The molecule has 0 saturated heterocycles. The molecular weight excluding hydrogens is 522 g/mol. The van der Waals surface area contributed by atoms with Crippen LogP contribution in [0, 0.1) is 0 Å². The van der Waals surface area contributed by atoms with Crippen LogP contribution in [0.15, 0.2) is 176 Å². The Kier molecular flexibility index (Phi) is 7.27. The Labute approximate surface area is 252 Å². The summed E-state index contributed by atoms with van der Waals surface area (Å²) in [5.41, 5.74) is 10.6. The normalized spacial score (nSPS) is 10.8. The van der Waals surface area contributed by atoms with Gasteiger partial charge in [-0.1, -0.05) is 133 Å². The fraction of sp³-hybridized carbons (Fsp3) is 0. The lowest BCUT2D eigenvalue weighted by atomic mass is 10.0. The lowest BCUT2D eigenvalue weighted by Gasteiger charge is -2.25. The molecule has 0 unspecified atom stereocenters. The minimum absolute atomic E-state index is 0.712. The quantitative estimate of drug-likeness (QED) is 0.197. The molecule has 0 spiro atoms. The van der Waals surface area contributed by atoms with Crippen molar-refractivity contribution in [1.82, 2.24) is 9.97 Å². The van der Waals surface area contributed by atoms with Gasteiger partial charge in [-0.15, -0.1) is 0 Å². The molecule has 3 nitrogen and oxygen atoms in total. The van der Waals surface area contributed by atoms with Gasteiger partial charge in [-0.3, -0.25) is 0 Å². The number of aromatic nitrogens is 2. The highest BCUT2D eigenvalue weighted by atomic mass is 15.1. The van der Waals surface area contributed by atoms with Gasteiger partial charge in [-0.25, -0.2) is 9.97 Å². The third-order valence-corrected chi connectivity index (χ3v) is 7.50. The van der Waals surface area contributed by atoms with Crippen LogP contribution in [0.3, 0.4) is 0 Å². The third kappa shape index (κ3) is 5.70. The molecule has 0 radical (unpaired) electrons. The van der Waals surface area contributed by atoms with Gasteiger partial charge in [-0.2, -0.15) is 0 Å². The highest BCUT2D eigenvalue weighted by molar-refractivity contribution is 5.79. The van der Waals surface area contributed by atoms with Crippen molar-refractivity contribution in [1.29, 1.82) is 0 Å². The van der Waals surface area contributed by atoms with Crippen LogP contribution in [0.4, 0.5) is 17.1 Å². The summed E-state index contributed by atoms with van der Waals surface area (Å²) in [5.74, 6) is 0.712. The summed E-state index contributed by atoms with van der Waals surface area (Å²) >= 11 is 0. The van der Waals surface area contributed by atoms with Crippen LogP contribution in [0.5, 0.6) is 0 Å². The van der Waals surface area contributed by atoms with Gasteiger partial charge in [0.05, 0.1) is 11.4 Å². The van der Waals surface area contributed by atoms with Crippen LogP contribution in [-0.4, -0.2) is 9.97 Å². The Bertz CT molecular complexity index is 1820. The molecule has 1 heterocycles. The topological polar surface area (TPSA) is 29.0 Å². The average Bonchev–Trinajstić information content (AvgIpc) is 3.10. The van der Waals surface area contributed by atoms with Crippen molar-refractivity contribution in [2.24, 2.45) is 0 Å². The summed E-state index contributed by atoms with van der Waals surface area (Å²) in [6.07, 6.45) is 0. The molecular formula is C40H29N3. The van der Waals surface area contributed by atoms with E-state index >= 15 is 0 Å². The number of rotatable bonds is 7. The fourth-order valence-corrected chi connectivity index (χ4v) is 5.31. The smallest absolute Gasteiger partial charge is 0.160 e. The number of hydrogen-bond acceptors (Lipinski definition) is 3. The first-order valence-electron chi connectivity index (χ1n) is 14.4. The monoisotopic (exact) mass is 551 g/mol. The predicted octanol–water partition coefficient (Wildman–Crippen LogP) is 10.6. The van der Waals surface area contributed by atoms with Crippen LogP contribution < -0.4 is 4.90 Å². The summed E-state index contributed by atoms with van der Waals surface area (Å²) in [7, 11) is 0. The Morgan fingerprint density at radius 3 is 1.09 bits per heavy atom. The number of para-hydroxylation sites is 2. The lowest BCUT2D eigenvalue weighted by molar-refractivity contribution is 1.18. The zero-order valence-electron chi connectivity index (χ0n) is 23.6. The van der Waals surface area contributed by atoms with E-state index in [0.29, 0.717) is 5.82 Å². The summed E-state index contributed by atoms with van der Waals surface area (Å²) in [6, 6.07) is 60.8. The zero-order valence-corrected chi connectivity index (χ0v) is 23.6. The molecule has 0 N–H and O–H groups in total. The summed E-state index contributed by atoms with van der Waals surface area (Å²) in [6.45, 7) is 0. The van der Waals surface area contributed by atoms with E-state index in [0.717, 1.165) is 56.3 Å². The Hall–Kier alpha value is -5.80. The lowest BCUT2D eigenvalue weighted by Crippen LogP contribution is -2.09. The second kappa shape index (κ2) is 12.0. The van der Waals surface area contributed by atoms with Crippen LogP contribution in [0.25, 0.3) is 45.0 Å². The SMILES string of the molecule is c1ccc(-c2cc(-c3ccccc3)nc(-c3ccc(-c4ccc(N(c5ccccc5)c5ccccc5)cc4)cc3)n2)cc1. The Balaban J connectivity index is 1.21. The number of nitrogens with zero attached hydrogens (tertiary/aromatic N) is 3. The van der Waals surface area contributed by atoms with E-state index in [-0.39, 0.29) is 0 Å². The van der Waals surface area contributed by atoms with E-state index < -0.39 is 0 Å². The van der Waals surface area contributed by atoms with E-state index in [1.807, 2.05) is 48.5 Å². The molecule has 1 aromatic heterocycles. The number of anilines is 3. The standard InChI is InChI=1S/C40H29N3/c1-5-13-32(14-6-1)38-29-39(33-15-7-2-8-16-33)42-40(41-38)34-23-21-30(22-24-34)31-25-27-37(28-26-31)43(35-17-9-3-10-18-35)36-19-11-4-12-20-36/h1-29H. The van der Waals surface area contributed by atoms with E-state index in [9.17, 15) is 0 Å². The van der Waals surface area contributed by atoms with Gasteiger partial charge >= 0.3 is 0 Å². The van der Waals surface area contributed by atoms with Crippen molar-refractivity contribution in [3.63, 3.8) is 0 Å². The third-order valence-electron chi connectivity index (χ3n) is 7.50. The van der Waals surface area contributed by atoms with Gasteiger partial charge in [-0.05, 0) is 53.6 Å². The first kappa shape index (κ1) is 26.1. The Morgan fingerprint density at radius 2 is 0.651 bits per heavy atom. The van der Waals surface area contributed by atoms with Gasteiger partial charge in [0.15, 0.2) is 5.82 Å². The molecule has 0 bridgehead atoms.